The average molecular weight is 533 g/mol. The van der Waals surface area contributed by atoms with Gasteiger partial charge in [-0.1, -0.05) is 12.1 Å². The van der Waals surface area contributed by atoms with Crippen LogP contribution in [0.2, 0.25) is 0 Å². The highest BCUT2D eigenvalue weighted by molar-refractivity contribution is 14.0. The molecule has 8 heteroatoms. The van der Waals surface area contributed by atoms with Crippen LogP contribution in [0.3, 0.4) is 0 Å². The van der Waals surface area contributed by atoms with Gasteiger partial charge in [0, 0.05) is 39.4 Å². The van der Waals surface area contributed by atoms with Crippen LogP contribution in [0, 0.1) is 0 Å². The van der Waals surface area contributed by atoms with Crippen molar-refractivity contribution in [1.82, 2.24) is 10.2 Å². The Hall–Kier alpha value is -1.10. The van der Waals surface area contributed by atoms with Crippen molar-refractivity contribution in [2.24, 2.45) is 4.99 Å². The maximum absolute atomic E-state index is 5.96. The van der Waals surface area contributed by atoms with Crippen molar-refractivity contribution in [3.63, 3.8) is 0 Å². The summed E-state index contributed by atoms with van der Waals surface area (Å²) in [6, 6.07) is 7.97. The monoisotopic (exact) mass is 533 g/mol. The molecule has 30 heavy (non-hydrogen) atoms. The van der Waals surface area contributed by atoms with E-state index in [1.807, 2.05) is 24.3 Å². The van der Waals surface area contributed by atoms with Crippen molar-refractivity contribution in [2.75, 3.05) is 53.1 Å². The molecule has 170 valence electrons. The van der Waals surface area contributed by atoms with Crippen molar-refractivity contribution in [3.8, 4) is 5.75 Å². The number of aliphatic imine (C=N–C) groups is 1. The van der Waals surface area contributed by atoms with Crippen molar-refractivity contribution in [3.05, 3.63) is 29.8 Å². The second-order valence-electron chi connectivity index (χ2n) is 7.40. The molecule has 1 N–H and O–H groups in total. The number of morpholine rings is 1. The Balaban J connectivity index is 0.00000320. The molecule has 0 aliphatic carbocycles. The van der Waals surface area contributed by atoms with Gasteiger partial charge in [0.25, 0.3) is 0 Å². The van der Waals surface area contributed by atoms with Gasteiger partial charge < -0.3 is 29.2 Å². The van der Waals surface area contributed by atoms with Gasteiger partial charge in [0.05, 0.1) is 26.4 Å². The van der Waals surface area contributed by atoms with Gasteiger partial charge >= 0.3 is 0 Å². The molecule has 2 heterocycles. The summed E-state index contributed by atoms with van der Waals surface area (Å²) < 4.78 is 22.7. The molecule has 0 spiro atoms. The Morgan fingerprint density at radius 1 is 1.20 bits per heavy atom. The third-order valence-electron chi connectivity index (χ3n) is 5.24. The third kappa shape index (κ3) is 7.86. The lowest BCUT2D eigenvalue weighted by Gasteiger charge is -2.37. The van der Waals surface area contributed by atoms with Crippen molar-refractivity contribution >= 4 is 29.9 Å². The van der Waals surface area contributed by atoms with E-state index in [0.717, 1.165) is 75.9 Å². The SMILES string of the molecule is CCNC(=NCCCOCc1ccc(OC)cc1)N1CCOC(C2CCCO2)C1.I. The molecule has 2 aliphatic rings. The average Bonchev–Trinajstić information content (AvgIpc) is 3.31. The van der Waals surface area contributed by atoms with Crippen LogP contribution in [0.15, 0.2) is 29.3 Å². The van der Waals surface area contributed by atoms with E-state index < -0.39 is 0 Å². The Bertz CT molecular complexity index is 623. The Labute approximate surface area is 197 Å². The molecule has 0 amide bonds. The fraction of sp³-hybridized carbons (Fsp3) is 0.682. The zero-order chi connectivity index (χ0) is 20.3. The standard InChI is InChI=1S/C22H35N3O4.HI/c1-3-23-22(25-12-15-29-21(16-25)20-6-4-14-28-20)24-11-5-13-27-17-18-7-9-19(26-2)10-8-18;/h7-10,20-21H,3-6,11-17H2,1-2H3,(H,23,24);1H. The number of nitrogens with zero attached hydrogens (tertiary/aromatic N) is 2. The van der Waals surface area contributed by atoms with E-state index in [-0.39, 0.29) is 36.2 Å². The first-order valence-electron chi connectivity index (χ1n) is 10.8. The second kappa shape index (κ2) is 14.1. The molecule has 0 saturated carbocycles. The van der Waals surface area contributed by atoms with Crippen molar-refractivity contribution < 1.29 is 18.9 Å². The lowest BCUT2D eigenvalue weighted by atomic mass is 10.1. The second-order valence-corrected chi connectivity index (χ2v) is 7.40. The molecule has 3 rings (SSSR count). The van der Waals surface area contributed by atoms with E-state index in [2.05, 4.69) is 17.1 Å². The Morgan fingerprint density at radius 3 is 2.70 bits per heavy atom. The van der Waals surface area contributed by atoms with Crippen LogP contribution in [0.4, 0.5) is 0 Å². The van der Waals surface area contributed by atoms with Gasteiger partial charge in [-0.2, -0.15) is 0 Å². The van der Waals surface area contributed by atoms with E-state index in [1.165, 1.54) is 0 Å². The van der Waals surface area contributed by atoms with E-state index in [1.54, 1.807) is 7.11 Å². The number of rotatable bonds is 9. The van der Waals surface area contributed by atoms with Gasteiger partial charge in [-0.05, 0) is 43.9 Å². The molecule has 7 nitrogen and oxygen atoms in total. The summed E-state index contributed by atoms with van der Waals surface area (Å²) in [7, 11) is 1.67. The van der Waals surface area contributed by atoms with Crippen LogP contribution in [0.25, 0.3) is 0 Å². The van der Waals surface area contributed by atoms with Gasteiger partial charge in [-0.25, -0.2) is 0 Å². The molecular weight excluding hydrogens is 497 g/mol. The van der Waals surface area contributed by atoms with Crippen LogP contribution in [0.1, 0.15) is 31.7 Å². The van der Waals surface area contributed by atoms with Gasteiger partial charge in [-0.3, -0.25) is 4.99 Å². The minimum absolute atomic E-state index is 0. The van der Waals surface area contributed by atoms with Crippen LogP contribution in [-0.4, -0.2) is 76.2 Å². The molecule has 2 unspecified atom stereocenters. The number of hydrogen-bond donors (Lipinski definition) is 1. The van der Waals surface area contributed by atoms with Gasteiger partial charge in [0.1, 0.15) is 11.9 Å². The van der Waals surface area contributed by atoms with Gasteiger partial charge in [0.15, 0.2) is 5.96 Å². The number of methoxy groups -OCH3 is 1. The minimum Gasteiger partial charge on any atom is -0.497 e. The van der Waals surface area contributed by atoms with Gasteiger partial charge in [0.2, 0.25) is 0 Å². The predicted molar refractivity (Wildman–Crippen MR) is 129 cm³/mol. The highest BCUT2D eigenvalue weighted by Crippen LogP contribution is 2.21. The first-order chi connectivity index (χ1) is 14.3. The molecule has 2 aliphatic heterocycles. The normalized spacial score (nSPS) is 21.9. The molecule has 2 fully saturated rings. The van der Waals surface area contributed by atoms with Crippen LogP contribution in [-0.2, 0) is 20.8 Å². The molecule has 2 atom stereocenters. The zero-order valence-corrected chi connectivity index (χ0v) is 20.5. The quantitative estimate of drug-likeness (QED) is 0.228. The van der Waals surface area contributed by atoms with E-state index in [0.29, 0.717) is 13.2 Å². The summed E-state index contributed by atoms with van der Waals surface area (Å²) in [4.78, 5) is 7.11. The first-order valence-corrected chi connectivity index (χ1v) is 10.8. The third-order valence-corrected chi connectivity index (χ3v) is 5.24. The molecule has 0 radical (unpaired) electrons. The lowest BCUT2D eigenvalue weighted by Crippen LogP contribution is -2.53. The number of nitrogens with one attached hydrogen (secondary N) is 1. The number of halogens is 1. The predicted octanol–water partition coefficient (Wildman–Crippen LogP) is 3.07. The largest absolute Gasteiger partial charge is 0.497 e. The summed E-state index contributed by atoms with van der Waals surface area (Å²) in [6.45, 7) is 8.28. The summed E-state index contributed by atoms with van der Waals surface area (Å²) in [5.41, 5.74) is 1.15. The summed E-state index contributed by atoms with van der Waals surface area (Å²) >= 11 is 0. The maximum Gasteiger partial charge on any atom is 0.194 e. The molecule has 0 bridgehead atoms. The molecule has 2 saturated heterocycles. The zero-order valence-electron chi connectivity index (χ0n) is 18.2. The summed E-state index contributed by atoms with van der Waals surface area (Å²) in [5, 5.41) is 3.42. The van der Waals surface area contributed by atoms with Crippen LogP contribution < -0.4 is 10.1 Å². The van der Waals surface area contributed by atoms with E-state index in [9.17, 15) is 0 Å². The van der Waals surface area contributed by atoms with E-state index >= 15 is 0 Å². The summed E-state index contributed by atoms with van der Waals surface area (Å²) in [5.74, 6) is 1.83. The van der Waals surface area contributed by atoms with E-state index in [4.69, 9.17) is 23.9 Å². The van der Waals surface area contributed by atoms with Gasteiger partial charge in [-0.15, -0.1) is 24.0 Å². The molecule has 1 aromatic carbocycles. The molecular formula is C22H36IN3O4. The fourth-order valence-corrected chi connectivity index (χ4v) is 3.68. The smallest absolute Gasteiger partial charge is 0.194 e. The Morgan fingerprint density at radius 2 is 2.00 bits per heavy atom. The van der Waals surface area contributed by atoms with Crippen LogP contribution >= 0.6 is 24.0 Å². The topological polar surface area (TPSA) is 64.6 Å². The fourth-order valence-electron chi connectivity index (χ4n) is 3.68. The number of hydrogen-bond acceptors (Lipinski definition) is 5. The molecule has 0 aromatic heterocycles. The highest BCUT2D eigenvalue weighted by atomic mass is 127. The highest BCUT2D eigenvalue weighted by Gasteiger charge is 2.32. The maximum atomic E-state index is 5.96. The molecule has 1 aromatic rings. The lowest BCUT2D eigenvalue weighted by molar-refractivity contribution is -0.0817. The Kier molecular flexibility index (Phi) is 11.8. The van der Waals surface area contributed by atoms with Crippen LogP contribution in [0.5, 0.6) is 5.75 Å². The number of benzene rings is 1. The van der Waals surface area contributed by atoms with Crippen molar-refractivity contribution in [2.45, 2.75) is 45.0 Å². The summed E-state index contributed by atoms with van der Waals surface area (Å²) in [6.07, 6.45) is 3.49. The number of ether oxygens (including phenoxy) is 4. The van der Waals surface area contributed by atoms with Crippen molar-refractivity contribution in [1.29, 1.82) is 0 Å². The first kappa shape index (κ1) is 25.2. The number of guanidine groups is 1. The minimum atomic E-state index is 0.